The number of aryl methyl sites for hydroxylation is 2. The Morgan fingerprint density at radius 2 is 1.82 bits per heavy atom. The van der Waals surface area contributed by atoms with E-state index >= 15 is 0 Å². The van der Waals surface area contributed by atoms with Gasteiger partial charge < -0.3 is 5.32 Å². The molecule has 3 aromatic heterocycles. The highest BCUT2D eigenvalue weighted by atomic mass is 32.1. The molecule has 0 spiro atoms. The Kier molecular flexibility index (Phi) is 6.63. The van der Waals surface area contributed by atoms with Crippen LogP contribution in [0.4, 0.5) is 5.69 Å². The summed E-state index contributed by atoms with van der Waals surface area (Å²) in [6.45, 7) is 6.46. The van der Waals surface area contributed by atoms with Crippen molar-refractivity contribution in [3.8, 4) is 10.4 Å². The van der Waals surface area contributed by atoms with Gasteiger partial charge in [0.05, 0.1) is 11.9 Å². The fourth-order valence-electron chi connectivity index (χ4n) is 4.62. The molecular weight excluding hydrogens is 464 g/mol. The van der Waals surface area contributed by atoms with E-state index in [9.17, 15) is 9.59 Å². The van der Waals surface area contributed by atoms with Crippen LogP contribution < -0.4 is 10.9 Å². The highest BCUT2D eigenvalue weighted by Crippen LogP contribution is 2.34. The second kappa shape index (κ2) is 9.82. The molecule has 0 radical (unpaired) electrons. The van der Waals surface area contributed by atoms with E-state index in [0.717, 1.165) is 58.0 Å². The highest BCUT2D eigenvalue weighted by molar-refractivity contribution is 7.18. The normalized spacial score (nSPS) is 14.5. The average molecular weight is 493 g/mol. The van der Waals surface area contributed by atoms with E-state index in [4.69, 9.17) is 4.98 Å². The predicted molar refractivity (Wildman–Crippen MR) is 141 cm³/mol. The fourth-order valence-corrected chi connectivity index (χ4v) is 6.39. The van der Waals surface area contributed by atoms with E-state index in [1.807, 2.05) is 54.9 Å². The van der Waals surface area contributed by atoms with Crippen LogP contribution >= 0.6 is 22.7 Å². The van der Waals surface area contributed by atoms with Crippen molar-refractivity contribution in [2.45, 2.75) is 46.2 Å². The number of hydrogen-bond donors (Lipinski definition) is 1. The van der Waals surface area contributed by atoms with Gasteiger partial charge in [0, 0.05) is 21.5 Å². The zero-order valence-electron chi connectivity index (χ0n) is 19.5. The van der Waals surface area contributed by atoms with E-state index < -0.39 is 0 Å². The van der Waals surface area contributed by atoms with Crippen molar-refractivity contribution in [3.63, 3.8) is 0 Å². The Balaban J connectivity index is 1.54. The molecule has 0 atom stereocenters. The molecule has 0 unspecified atom stereocenters. The Morgan fingerprint density at radius 3 is 2.53 bits per heavy atom. The molecule has 0 aliphatic carbocycles. The van der Waals surface area contributed by atoms with Crippen LogP contribution in [0.25, 0.3) is 20.7 Å². The predicted octanol–water partition coefficient (Wildman–Crippen LogP) is 5.43. The summed E-state index contributed by atoms with van der Waals surface area (Å²) in [6, 6.07) is 9.93. The second-order valence-electron chi connectivity index (χ2n) is 8.88. The lowest BCUT2D eigenvalue weighted by Gasteiger charge is -2.27. The molecule has 6 nitrogen and oxygen atoms in total. The van der Waals surface area contributed by atoms with Gasteiger partial charge in [0.1, 0.15) is 17.2 Å². The van der Waals surface area contributed by atoms with Gasteiger partial charge in [0.25, 0.3) is 5.56 Å². The lowest BCUT2D eigenvalue weighted by atomic mass is 10.1. The molecule has 0 saturated carbocycles. The van der Waals surface area contributed by atoms with Gasteiger partial charge in [0.2, 0.25) is 5.91 Å². The van der Waals surface area contributed by atoms with Crippen LogP contribution in [0.2, 0.25) is 0 Å². The minimum Gasteiger partial charge on any atom is -0.324 e. The van der Waals surface area contributed by atoms with Crippen molar-refractivity contribution in [1.82, 2.24) is 14.5 Å². The van der Waals surface area contributed by atoms with Crippen LogP contribution in [-0.4, -0.2) is 33.4 Å². The summed E-state index contributed by atoms with van der Waals surface area (Å²) >= 11 is 3.10. The topological polar surface area (TPSA) is 67.2 Å². The lowest BCUT2D eigenvalue weighted by Crippen LogP contribution is -2.36. The standard InChI is InChI=1S/C26H28N4O2S2/c1-17-8-6-9-18(2)24(17)28-22(31)15-30-21(14-29-11-4-3-5-12-29)27-25-23(26(30)32)19(16-34-25)20-10-7-13-33-20/h6-10,13,16H,3-5,11-12,14-15H2,1-2H3,(H,28,31). The molecule has 1 amide bonds. The number of nitrogens with one attached hydrogen (secondary N) is 1. The summed E-state index contributed by atoms with van der Waals surface area (Å²) in [4.78, 5) is 36.0. The maximum atomic E-state index is 13.8. The number of aromatic nitrogens is 2. The van der Waals surface area contributed by atoms with E-state index in [1.165, 1.54) is 17.8 Å². The Morgan fingerprint density at radius 1 is 1.06 bits per heavy atom. The quantitative estimate of drug-likeness (QED) is 0.390. The second-order valence-corrected chi connectivity index (χ2v) is 10.7. The van der Waals surface area contributed by atoms with Crippen molar-refractivity contribution >= 4 is 44.5 Å². The first-order valence-electron chi connectivity index (χ1n) is 11.6. The Bertz CT molecular complexity index is 1360. The number of hydrogen-bond acceptors (Lipinski definition) is 6. The van der Waals surface area contributed by atoms with E-state index in [2.05, 4.69) is 10.2 Å². The van der Waals surface area contributed by atoms with Crippen molar-refractivity contribution in [2.75, 3.05) is 18.4 Å². The monoisotopic (exact) mass is 492 g/mol. The van der Waals surface area contributed by atoms with Gasteiger partial charge in [-0.3, -0.25) is 19.1 Å². The summed E-state index contributed by atoms with van der Waals surface area (Å²) in [5.74, 6) is 0.448. The number of anilines is 1. The van der Waals surface area contributed by atoms with Crippen LogP contribution in [0.1, 0.15) is 36.2 Å². The molecule has 34 heavy (non-hydrogen) atoms. The molecule has 1 saturated heterocycles. The first-order chi connectivity index (χ1) is 16.5. The minimum absolute atomic E-state index is 0.0571. The molecule has 8 heteroatoms. The smallest absolute Gasteiger partial charge is 0.263 e. The molecule has 1 fully saturated rings. The number of nitrogens with zero attached hydrogens (tertiary/aromatic N) is 3. The van der Waals surface area contributed by atoms with E-state index in [0.29, 0.717) is 17.8 Å². The first kappa shape index (κ1) is 23.0. The van der Waals surface area contributed by atoms with Gasteiger partial charge in [-0.25, -0.2) is 4.98 Å². The number of likely N-dealkylation sites (tertiary alicyclic amines) is 1. The fraction of sp³-hybridized carbons (Fsp3) is 0.346. The van der Waals surface area contributed by atoms with Gasteiger partial charge >= 0.3 is 0 Å². The van der Waals surface area contributed by atoms with E-state index in [-0.39, 0.29) is 18.0 Å². The van der Waals surface area contributed by atoms with E-state index in [1.54, 1.807) is 15.9 Å². The number of carbonyl (C=O) groups is 1. The molecule has 1 N–H and O–H groups in total. The molecule has 1 aromatic carbocycles. The summed E-state index contributed by atoms with van der Waals surface area (Å²) in [6.07, 6.45) is 3.55. The third-order valence-corrected chi connectivity index (χ3v) is 8.20. The number of para-hydroxylation sites is 1. The number of amides is 1. The van der Waals surface area contributed by atoms with Gasteiger partial charge in [-0.05, 0) is 62.4 Å². The lowest BCUT2D eigenvalue weighted by molar-refractivity contribution is -0.116. The van der Waals surface area contributed by atoms with Crippen molar-refractivity contribution < 1.29 is 4.79 Å². The first-order valence-corrected chi connectivity index (χ1v) is 13.4. The van der Waals surface area contributed by atoms with Crippen molar-refractivity contribution in [2.24, 2.45) is 0 Å². The molecule has 0 bridgehead atoms. The molecule has 5 rings (SSSR count). The third-order valence-electron chi connectivity index (χ3n) is 6.42. The highest BCUT2D eigenvalue weighted by Gasteiger charge is 2.21. The largest absolute Gasteiger partial charge is 0.324 e. The maximum absolute atomic E-state index is 13.8. The van der Waals surface area contributed by atoms with Gasteiger partial charge in [-0.1, -0.05) is 30.7 Å². The summed E-state index contributed by atoms with van der Waals surface area (Å²) in [5.41, 5.74) is 3.57. The molecule has 176 valence electrons. The van der Waals surface area contributed by atoms with Crippen molar-refractivity contribution in [3.05, 3.63) is 68.4 Å². The molecule has 1 aliphatic rings. The third kappa shape index (κ3) is 4.58. The summed E-state index contributed by atoms with van der Waals surface area (Å²) in [5, 5.41) is 7.66. The Hall–Kier alpha value is -2.81. The summed E-state index contributed by atoms with van der Waals surface area (Å²) in [7, 11) is 0. The molecule has 4 heterocycles. The number of piperidine rings is 1. The van der Waals surface area contributed by atoms with Crippen LogP contribution in [0.5, 0.6) is 0 Å². The van der Waals surface area contributed by atoms with Gasteiger partial charge in [-0.2, -0.15) is 0 Å². The van der Waals surface area contributed by atoms with Crippen molar-refractivity contribution in [1.29, 1.82) is 0 Å². The van der Waals surface area contributed by atoms with Crippen LogP contribution in [0.3, 0.4) is 0 Å². The molecule has 4 aromatic rings. The zero-order chi connectivity index (χ0) is 23.7. The SMILES string of the molecule is Cc1cccc(C)c1NC(=O)Cn1c(CN2CCCCC2)nc2scc(-c3cccs3)c2c1=O. The zero-order valence-corrected chi connectivity index (χ0v) is 21.1. The van der Waals surface area contributed by atoms with Gasteiger partial charge in [-0.15, -0.1) is 22.7 Å². The van der Waals surface area contributed by atoms with Crippen LogP contribution in [-0.2, 0) is 17.9 Å². The number of fused-ring (bicyclic) bond motifs is 1. The molecular formula is C26H28N4O2S2. The number of thiophene rings is 2. The number of rotatable bonds is 6. The van der Waals surface area contributed by atoms with Gasteiger partial charge in [0.15, 0.2) is 0 Å². The number of benzene rings is 1. The average Bonchev–Trinajstić information content (AvgIpc) is 3.50. The number of carbonyl (C=O) groups excluding carboxylic acids is 1. The minimum atomic E-state index is -0.214. The van der Waals surface area contributed by atoms with Crippen LogP contribution in [0, 0.1) is 13.8 Å². The maximum Gasteiger partial charge on any atom is 0.263 e. The summed E-state index contributed by atoms with van der Waals surface area (Å²) < 4.78 is 1.59. The Labute approximate surface area is 206 Å². The van der Waals surface area contributed by atoms with Crippen LogP contribution in [0.15, 0.2) is 45.9 Å². The molecule has 1 aliphatic heterocycles.